The molecule has 0 aliphatic heterocycles. The second kappa shape index (κ2) is 3.76. The van der Waals surface area contributed by atoms with E-state index in [4.69, 9.17) is 0 Å². The minimum absolute atomic E-state index is 0.00912. The highest BCUT2D eigenvalue weighted by Gasteiger charge is 2.29. The fourth-order valence-corrected chi connectivity index (χ4v) is 0.993. The van der Waals surface area contributed by atoms with Crippen LogP contribution in [0.3, 0.4) is 0 Å². The summed E-state index contributed by atoms with van der Waals surface area (Å²) in [6.07, 6.45) is -3.04. The number of imidazole rings is 1. The third-order valence-electron chi connectivity index (χ3n) is 1.51. The Balaban J connectivity index is 2.70. The Bertz CT molecular complexity index is 266. The zero-order valence-electron chi connectivity index (χ0n) is 6.68. The number of halogens is 4. The molecule has 1 aromatic rings. The van der Waals surface area contributed by atoms with Gasteiger partial charge in [0.05, 0.1) is 19.3 Å². The first-order chi connectivity index (χ1) is 6.03. The Labute approximate surface area is 72.2 Å². The van der Waals surface area contributed by atoms with Gasteiger partial charge in [0.2, 0.25) is 0 Å². The van der Waals surface area contributed by atoms with Gasteiger partial charge in [-0.2, -0.15) is 13.2 Å². The molecule has 0 aliphatic carbocycles. The second-order valence-electron chi connectivity index (χ2n) is 2.56. The number of rotatable bonds is 3. The van der Waals surface area contributed by atoms with E-state index in [1.807, 2.05) is 0 Å². The molecule has 0 saturated carbocycles. The molecule has 0 aliphatic rings. The summed E-state index contributed by atoms with van der Waals surface area (Å²) < 4.78 is 48.7. The zero-order chi connectivity index (χ0) is 9.90. The second-order valence-corrected chi connectivity index (χ2v) is 2.56. The summed E-state index contributed by atoms with van der Waals surface area (Å²) in [6.45, 7) is -0.771. The zero-order valence-corrected chi connectivity index (χ0v) is 6.68. The summed E-state index contributed by atoms with van der Waals surface area (Å²) in [7, 11) is 0. The summed E-state index contributed by atoms with van der Waals surface area (Å²) in [5, 5.41) is 0. The first-order valence-corrected chi connectivity index (χ1v) is 3.64. The minimum Gasteiger partial charge on any atom is -0.332 e. The highest BCUT2D eigenvalue weighted by molar-refractivity contribution is 5.00. The normalized spacial score (nSPS) is 12.0. The third-order valence-corrected chi connectivity index (χ3v) is 1.51. The molecule has 0 aromatic carbocycles. The van der Waals surface area contributed by atoms with Crippen LogP contribution in [0.25, 0.3) is 0 Å². The largest absolute Gasteiger partial charge is 0.394 e. The van der Waals surface area contributed by atoms with Crippen LogP contribution in [-0.4, -0.2) is 22.4 Å². The van der Waals surface area contributed by atoms with Gasteiger partial charge in [0.1, 0.15) is 6.67 Å². The summed E-state index contributed by atoms with van der Waals surface area (Å²) >= 11 is 0. The van der Waals surface area contributed by atoms with E-state index in [-0.39, 0.29) is 12.2 Å². The van der Waals surface area contributed by atoms with Crippen molar-refractivity contribution in [2.45, 2.75) is 19.1 Å². The van der Waals surface area contributed by atoms with Crippen LogP contribution in [0.5, 0.6) is 0 Å². The lowest BCUT2D eigenvalue weighted by atomic mass is 10.3. The van der Waals surface area contributed by atoms with Crippen LogP contribution in [0.4, 0.5) is 17.6 Å². The van der Waals surface area contributed by atoms with E-state index >= 15 is 0 Å². The van der Waals surface area contributed by atoms with E-state index in [1.54, 1.807) is 0 Å². The molecular weight excluding hydrogens is 188 g/mol. The topological polar surface area (TPSA) is 17.8 Å². The lowest BCUT2D eigenvalue weighted by Gasteiger charge is -2.08. The third kappa shape index (κ3) is 3.04. The lowest BCUT2D eigenvalue weighted by Crippen LogP contribution is -2.15. The van der Waals surface area contributed by atoms with Gasteiger partial charge in [-0.05, 0) is 0 Å². The molecule has 13 heavy (non-hydrogen) atoms. The van der Waals surface area contributed by atoms with E-state index in [1.165, 1.54) is 6.33 Å². The van der Waals surface area contributed by atoms with Gasteiger partial charge in [0, 0.05) is 11.9 Å². The van der Waals surface area contributed by atoms with Crippen molar-refractivity contribution < 1.29 is 17.6 Å². The van der Waals surface area contributed by atoms with Gasteiger partial charge in [0.15, 0.2) is 0 Å². The first-order valence-electron chi connectivity index (χ1n) is 3.64. The molecule has 0 radical (unpaired) electrons. The molecule has 0 bridgehead atoms. The molecule has 0 spiro atoms. The standard InChI is InChI=1S/C7H8F4N2/c8-1-2-13-5-12-4-6(13)3-7(9,10)11/h4-5H,1-3H2. The van der Waals surface area contributed by atoms with Gasteiger partial charge >= 0.3 is 6.18 Å². The van der Waals surface area contributed by atoms with Gasteiger partial charge in [-0.1, -0.05) is 0 Å². The van der Waals surface area contributed by atoms with Crippen molar-refractivity contribution in [3.63, 3.8) is 0 Å². The molecule has 6 heteroatoms. The van der Waals surface area contributed by atoms with Crippen molar-refractivity contribution in [1.29, 1.82) is 0 Å². The van der Waals surface area contributed by atoms with Crippen LogP contribution in [0.2, 0.25) is 0 Å². The predicted molar refractivity (Wildman–Crippen MR) is 38.0 cm³/mol. The maximum absolute atomic E-state index is 11.9. The molecule has 0 N–H and O–H groups in total. The smallest absolute Gasteiger partial charge is 0.332 e. The van der Waals surface area contributed by atoms with E-state index in [9.17, 15) is 17.6 Å². The summed E-state index contributed by atoms with van der Waals surface area (Å²) in [6, 6.07) is 0. The molecule has 2 nitrogen and oxygen atoms in total. The van der Waals surface area contributed by atoms with Crippen LogP contribution >= 0.6 is 0 Å². The van der Waals surface area contributed by atoms with Crippen molar-refractivity contribution >= 4 is 0 Å². The molecule has 0 saturated heterocycles. The van der Waals surface area contributed by atoms with E-state index < -0.39 is 19.3 Å². The molecule has 0 unspecified atom stereocenters. The quantitative estimate of drug-likeness (QED) is 0.675. The Morgan fingerprint density at radius 1 is 1.38 bits per heavy atom. The highest BCUT2D eigenvalue weighted by atomic mass is 19.4. The number of hydrogen-bond acceptors (Lipinski definition) is 1. The summed E-state index contributed by atoms with van der Waals surface area (Å²) in [4.78, 5) is 3.52. The fourth-order valence-electron chi connectivity index (χ4n) is 0.993. The summed E-state index contributed by atoms with van der Waals surface area (Å²) in [5.74, 6) is 0. The lowest BCUT2D eigenvalue weighted by molar-refractivity contribution is -0.128. The van der Waals surface area contributed by atoms with Gasteiger partial charge < -0.3 is 4.57 Å². The van der Waals surface area contributed by atoms with E-state index in [2.05, 4.69) is 4.98 Å². The molecule has 0 amide bonds. The van der Waals surface area contributed by atoms with Gasteiger partial charge in [-0.25, -0.2) is 9.37 Å². The summed E-state index contributed by atoms with van der Waals surface area (Å²) in [5.41, 5.74) is -0.00912. The molecular formula is C7H8F4N2. The van der Waals surface area contributed by atoms with Crippen LogP contribution < -0.4 is 0 Å². The van der Waals surface area contributed by atoms with Gasteiger partial charge in [0.25, 0.3) is 0 Å². The van der Waals surface area contributed by atoms with Gasteiger partial charge in [-0.3, -0.25) is 0 Å². The Morgan fingerprint density at radius 2 is 2.08 bits per heavy atom. The van der Waals surface area contributed by atoms with Gasteiger partial charge in [-0.15, -0.1) is 0 Å². The van der Waals surface area contributed by atoms with Crippen molar-refractivity contribution in [3.05, 3.63) is 18.2 Å². The average molecular weight is 196 g/mol. The molecule has 1 rings (SSSR count). The van der Waals surface area contributed by atoms with Crippen LogP contribution in [0.15, 0.2) is 12.5 Å². The average Bonchev–Trinajstić information content (AvgIpc) is 2.34. The Hall–Kier alpha value is -1.07. The van der Waals surface area contributed by atoms with E-state index in [0.29, 0.717) is 0 Å². The van der Waals surface area contributed by atoms with E-state index in [0.717, 1.165) is 10.8 Å². The Kier molecular flexibility index (Phi) is 2.90. The molecule has 1 heterocycles. The number of aryl methyl sites for hydroxylation is 1. The first kappa shape index (κ1) is 10.0. The van der Waals surface area contributed by atoms with Crippen molar-refractivity contribution in [2.24, 2.45) is 0 Å². The number of alkyl halides is 4. The maximum atomic E-state index is 11.9. The predicted octanol–water partition coefficient (Wildman–Crippen LogP) is 1.96. The molecule has 1 aromatic heterocycles. The Morgan fingerprint density at radius 3 is 2.62 bits per heavy atom. The minimum atomic E-state index is -4.27. The maximum Gasteiger partial charge on any atom is 0.394 e. The van der Waals surface area contributed by atoms with Crippen LogP contribution in [0.1, 0.15) is 5.69 Å². The van der Waals surface area contributed by atoms with Crippen LogP contribution in [0, 0.1) is 0 Å². The molecule has 0 atom stereocenters. The van der Waals surface area contributed by atoms with Crippen molar-refractivity contribution in [3.8, 4) is 0 Å². The molecule has 0 fully saturated rings. The SMILES string of the molecule is FCCn1cncc1CC(F)(F)F. The van der Waals surface area contributed by atoms with Crippen LogP contribution in [-0.2, 0) is 13.0 Å². The monoisotopic (exact) mass is 196 g/mol. The number of hydrogen-bond donors (Lipinski definition) is 0. The van der Waals surface area contributed by atoms with Crippen molar-refractivity contribution in [2.75, 3.05) is 6.67 Å². The van der Waals surface area contributed by atoms with Crippen molar-refractivity contribution in [1.82, 2.24) is 9.55 Å². The fraction of sp³-hybridized carbons (Fsp3) is 0.571. The highest BCUT2D eigenvalue weighted by Crippen LogP contribution is 2.20. The molecule has 74 valence electrons. The number of aromatic nitrogens is 2. The number of nitrogens with zero attached hydrogens (tertiary/aromatic N) is 2.